The van der Waals surface area contributed by atoms with Crippen LogP contribution in [-0.2, 0) is 9.53 Å². The van der Waals surface area contributed by atoms with Gasteiger partial charge in [0.05, 0.1) is 19.5 Å². The second-order valence-electron chi connectivity index (χ2n) is 3.50. The zero-order valence-corrected chi connectivity index (χ0v) is 11.4. The van der Waals surface area contributed by atoms with Gasteiger partial charge in [-0.05, 0) is 12.1 Å². The van der Waals surface area contributed by atoms with Crippen molar-refractivity contribution < 1.29 is 32.2 Å². The summed E-state index contributed by atoms with van der Waals surface area (Å²) in [4.78, 5) is 10.8. The number of benzene rings is 1. The van der Waals surface area contributed by atoms with Gasteiger partial charge in [-0.15, -0.1) is 24.9 Å². The van der Waals surface area contributed by atoms with Crippen LogP contribution < -0.4 is 9.47 Å². The molecule has 0 amide bonds. The van der Waals surface area contributed by atoms with Crippen LogP contribution in [0.4, 0.5) is 13.2 Å². The van der Waals surface area contributed by atoms with E-state index < -0.39 is 6.36 Å². The van der Waals surface area contributed by atoms with Gasteiger partial charge in [0.2, 0.25) is 0 Å². The van der Waals surface area contributed by atoms with E-state index in [0.717, 1.165) is 6.07 Å². The maximum atomic E-state index is 12.0. The number of hydrogen-bond acceptors (Lipinski definition) is 5. The molecule has 0 unspecified atom stereocenters. The lowest BCUT2D eigenvalue weighted by Crippen LogP contribution is -2.17. The van der Waals surface area contributed by atoms with E-state index in [-0.39, 0.29) is 29.8 Å². The molecule has 8 heteroatoms. The van der Waals surface area contributed by atoms with Gasteiger partial charge in [-0.3, -0.25) is 4.79 Å². The molecule has 0 saturated heterocycles. The van der Waals surface area contributed by atoms with Gasteiger partial charge in [0.25, 0.3) is 0 Å². The molecule has 20 heavy (non-hydrogen) atoms. The second-order valence-corrected chi connectivity index (χ2v) is 4.61. The maximum Gasteiger partial charge on any atom is 0.573 e. The van der Waals surface area contributed by atoms with E-state index >= 15 is 0 Å². The Balaban J connectivity index is 2.34. The number of alkyl halides is 3. The highest BCUT2D eigenvalue weighted by Crippen LogP contribution is 2.26. The highest BCUT2D eigenvalue weighted by molar-refractivity contribution is 7.99. The summed E-state index contributed by atoms with van der Waals surface area (Å²) in [6, 6.07) is 5.26. The molecule has 1 rings (SSSR count). The van der Waals surface area contributed by atoms with E-state index in [0.29, 0.717) is 5.75 Å². The van der Waals surface area contributed by atoms with Gasteiger partial charge in [0.1, 0.15) is 11.5 Å². The maximum absolute atomic E-state index is 12.0. The molecule has 0 spiro atoms. The second kappa shape index (κ2) is 7.88. The first-order chi connectivity index (χ1) is 9.40. The molecule has 0 aromatic heterocycles. The van der Waals surface area contributed by atoms with Gasteiger partial charge in [-0.1, -0.05) is 6.07 Å². The molecule has 0 bridgehead atoms. The Morgan fingerprint density at radius 2 is 2.00 bits per heavy atom. The van der Waals surface area contributed by atoms with E-state index in [1.807, 2.05) is 0 Å². The fourth-order valence-electron chi connectivity index (χ4n) is 1.19. The number of halogens is 3. The molecule has 1 aromatic carbocycles. The van der Waals surface area contributed by atoms with Gasteiger partial charge >= 0.3 is 12.3 Å². The normalized spacial score (nSPS) is 11.0. The molecular weight excluding hydrogens is 297 g/mol. The Kier molecular flexibility index (Phi) is 6.50. The SMILES string of the molecule is COC(=O)CSCCOc1cccc(OC(F)(F)F)c1. The van der Waals surface area contributed by atoms with E-state index in [1.165, 1.54) is 37.1 Å². The lowest BCUT2D eigenvalue weighted by molar-refractivity contribution is -0.274. The van der Waals surface area contributed by atoms with Crippen molar-refractivity contribution in [2.75, 3.05) is 25.2 Å². The molecule has 112 valence electrons. The number of ether oxygens (including phenoxy) is 3. The average molecular weight is 310 g/mol. The number of rotatable bonds is 7. The van der Waals surface area contributed by atoms with Crippen molar-refractivity contribution >= 4 is 17.7 Å². The van der Waals surface area contributed by atoms with Crippen molar-refractivity contribution in [3.05, 3.63) is 24.3 Å². The van der Waals surface area contributed by atoms with E-state index in [9.17, 15) is 18.0 Å². The summed E-state index contributed by atoms with van der Waals surface area (Å²) in [5, 5.41) is 0. The summed E-state index contributed by atoms with van der Waals surface area (Å²) in [7, 11) is 1.30. The summed E-state index contributed by atoms with van der Waals surface area (Å²) in [6.45, 7) is 0.261. The smallest absolute Gasteiger partial charge is 0.493 e. The predicted octanol–water partition coefficient (Wildman–Crippen LogP) is 2.87. The average Bonchev–Trinajstić information content (AvgIpc) is 2.36. The Labute approximate surface area is 118 Å². The van der Waals surface area contributed by atoms with Gasteiger partial charge in [0, 0.05) is 11.8 Å². The molecule has 0 aliphatic rings. The van der Waals surface area contributed by atoms with Crippen LogP contribution in [-0.4, -0.2) is 37.6 Å². The van der Waals surface area contributed by atoms with Crippen LogP contribution in [0.5, 0.6) is 11.5 Å². The molecule has 0 N–H and O–H groups in total. The summed E-state index contributed by atoms with van der Waals surface area (Å²) in [6.07, 6.45) is -4.73. The van der Waals surface area contributed by atoms with Crippen LogP contribution in [0.1, 0.15) is 0 Å². The zero-order valence-electron chi connectivity index (χ0n) is 10.6. The Bertz CT molecular complexity index is 437. The topological polar surface area (TPSA) is 44.8 Å². The molecule has 4 nitrogen and oxygen atoms in total. The van der Waals surface area contributed by atoms with Gasteiger partial charge < -0.3 is 14.2 Å². The highest BCUT2D eigenvalue weighted by Gasteiger charge is 2.31. The third-order valence-electron chi connectivity index (χ3n) is 1.98. The largest absolute Gasteiger partial charge is 0.573 e. The van der Waals surface area contributed by atoms with E-state index in [1.54, 1.807) is 0 Å². The van der Waals surface area contributed by atoms with Crippen molar-refractivity contribution in [1.29, 1.82) is 0 Å². The number of methoxy groups -OCH3 is 1. The lowest BCUT2D eigenvalue weighted by Gasteiger charge is -2.10. The fraction of sp³-hybridized carbons (Fsp3) is 0.417. The highest BCUT2D eigenvalue weighted by atomic mass is 32.2. The van der Waals surface area contributed by atoms with Crippen LogP contribution in [0.2, 0.25) is 0 Å². The van der Waals surface area contributed by atoms with Crippen molar-refractivity contribution in [2.24, 2.45) is 0 Å². The summed E-state index contributed by atoms with van der Waals surface area (Å²) in [5.41, 5.74) is 0. The first-order valence-electron chi connectivity index (χ1n) is 5.54. The van der Waals surface area contributed by atoms with Crippen LogP contribution in [0, 0.1) is 0 Å². The van der Waals surface area contributed by atoms with Crippen LogP contribution in [0.15, 0.2) is 24.3 Å². The quantitative estimate of drug-likeness (QED) is 0.572. The molecule has 0 aliphatic heterocycles. The monoisotopic (exact) mass is 310 g/mol. The van der Waals surface area contributed by atoms with Crippen LogP contribution >= 0.6 is 11.8 Å². The molecule has 1 aromatic rings. The number of carbonyl (C=O) groups is 1. The van der Waals surface area contributed by atoms with E-state index in [2.05, 4.69) is 9.47 Å². The number of hydrogen-bond donors (Lipinski definition) is 0. The Hall–Kier alpha value is -1.57. The molecule has 0 heterocycles. The first kappa shape index (κ1) is 16.5. The third kappa shape index (κ3) is 7.13. The lowest BCUT2D eigenvalue weighted by atomic mass is 10.3. The van der Waals surface area contributed by atoms with Gasteiger partial charge in [-0.25, -0.2) is 0 Å². The molecule has 0 atom stereocenters. The third-order valence-corrected chi connectivity index (χ3v) is 2.88. The van der Waals surface area contributed by atoms with E-state index in [4.69, 9.17) is 4.74 Å². The summed E-state index contributed by atoms with van der Waals surface area (Å²) < 4.78 is 49.6. The Morgan fingerprint density at radius 1 is 1.30 bits per heavy atom. The van der Waals surface area contributed by atoms with Gasteiger partial charge in [0.15, 0.2) is 0 Å². The number of esters is 1. The van der Waals surface area contributed by atoms with Crippen molar-refractivity contribution in [2.45, 2.75) is 6.36 Å². The Morgan fingerprint density at radius 3 is 2.65 bits per heavy atom. The van der Waals surface area contributed by atoms with Crippen molar-refractivity contribution in [3.8, 4) is 11.5 Å². The molecule has 0 aliphatic carbocycles. The zero-order chi connectivity index (χ0) is 15.0. The van der Waals surface area contributed by atoms with Crippen LogP contribution in [0.3, 0.4) is 0 Å². The van der Waals surface area contributed by atoms with Crippen LogP contribution in [0.25, 0.3) is 0 Å². The van der Waals surface area contributed by atoms with Crippen molar-refractivity contribution in [3.63, 3.8) is 0 Å². The number of thioether (sulfide) groups is 1. The molecule has 0 saturated carbocycles. The minimum Gasteiger partial charge on any atom is -0.493 e. The summed E-state index contributed by atoms with van der Waals surface area (Å²) in [5.74, 6) is 0.314. The van der Waals surface area contributed by atoms with Crippen molar-refractivity contribution in [1.82, 2.24) is 0 Å². The molecule has 0 radical (unpaired) electrons. The standard InChI is InChI=1S/C12H13F3O4S/c1-17-11(16)8-20-6-5-18-9-3-2-4-10(7-9)19-12(13,14)15/h2-4,7H,5-6,8H2,1H3. The fourth-order valence-corrected chi connectivity index (χ4v) is 1.82. The first-order valence-corrected chi connectivity index (χ1v) is 6.69. The minimum absolute atomic E-state index is 0.205. The molecule has 0 fully saturated rings. The van der Waals surface area contributed by atoms with Gasteiger partial charge in [-0.2, -0.15) is 0 Å². The summed E-state index contributed by atoms with van der Waals surface area (Å²) >= 11 is 1.31. The number of carbonyl (C=O) groups excluding carboxylic acids is 1. The molecular formula is C12H13F3O4S. The predicted molar refractivity (Wildman–Crippen MR) is 68.0 cm³/mol. The minimum atomic E-state index is -4.73.